The van der Waals surface area contributed by atoms with E-state index in [0.717, 1.165) is 57.6 Å². The number of nitrogens with zero attached hydrogens (tertiary/aromatic N) is 2. The number of hydrogen-bond acceptors (Lipinski definition) is 6. The van der Waals surface area contributed by atoms with Crippen molar-refractivity contribution in [1.82, 2.24) is 10.2 Å². The Morgan fingerprint density at radius 3 is 2.22 bits per heavy atom. The Morgan fingerprint density at radius 1 is 0.860 bits per heavy atom. The van der Waals surface area contributed by atoms with E-state index in [0.29, 0.717) is 5.75 Å². The van der Waals surface area contributed by atoms with Gasteiger partial charge in [0.25, 0.3) is 10.0 Å². The Hall–Kier alpha value is -4.35. The quantitative estimate of drug-likeness (QED) is 0.148. The summed E-state index contributed by atoms with van der Waals surface area (Å²) in [6, 6.07) is 27.4. The predicted molar refractivity (Wildman–Crippen MR) is 199 cm³/mol. The molecule has 4 aromatic carbocycles. The molecule has 11 heteroatoms. The maximum atomic E-state index is 14.9. The molecule has 0 saturated heterocycles. The predicted octanol–water partition coefficient (Wildman–Crippen LogP) is 7.06. The van der Waals surface area contributed by atoms with Crippen molar-refractivity contribution < 1.29 is 27.5 Å². The van der Waals surface area contributed by atoms with Gasteiger partial charge in [0, 0.05) is 29.5 Å². The number of carbonyl (C=O) groups excluding carboxylic acids is 2. The third-order valence-corrected chi connectivity index (χ3v) is 11.3. The monoisotopic (exact) mass is 761 g/mol. The average Bonchev–Trinajstić information content (AvgIpc) is 3.12. The van der Waals surface area contributed by atoms with Gasteiger partial charge in [0.1, 0.15) is 24.1 Å². The third-order valence-electron chi connectivity index (χ3n) is 9.01. The number of amides is 2. The minimum Gasteiger partial charge on any atom is -0.497 e. The number of sulfonamides is 1. The van der Waals surface area contributed by atoms with Crippen LogP contribution in [0.3, 0.4) is 0 Å². The zero-order chi connectivity index (χ0) is 35.7. The largest absolute Gasteiger partial charge is 0.497 e. The highest BCUT2D eigenvalue weighted by molar-refractivity contribution is 9.10. The van der Waals surface area contributed by atoms with Crippen LogP contribution in [0.5, 0.6) is 11.5 Å². The Kier molecular flexibility index (Phi) is 12.6. The van der Waals surface area contributed by atoms with E-state index < -0.39 is 28.5 Å². The SMILES string of the molecule is COc1ccc(OC)c(N(CC(=O)N(Cc2cccc(Br)c2)[C@@H](Cc2ccccc2)C(=O)NC2CCCCC2)S(=O)(=O)c2ccc(C)cc2)c1. The normalized spacial score (nSPS) is 14.0. The van der Waals surface area contributed by atoms with Crippen LogP contribution >= 0.6 is 15.9 Å². The number of anilines is 1. The second-order valence-electron chi connectivity index (χ2n) is 12.6. The summed E-state index contributed by atoms with van der Waals surface area (Å²) in [5, 5.41) is 3.24. The average molecular weight is 763 g/mol. The molecule has 2 amide bonds. The van der Waals surface area contributed by atoms with Crippen LogP contribution in [0.25, 0.3) is 0 Å². The second kappa shape index (κ2) is 17.0. The molecule has 1 aliphatic carbocycles. The fourth-order valence-electron chi connectivity index (χ4n) is 6.27. The van der Waals surface area contributed by atoms with Gasteiger partial charge in [0.05, 0.1) is 24.8 Å². The zero-order valence-corrected chi connectivity index (χ0v) is 31.1. The Bertz CT molecular complexity index is 1860. The van der Waals surface area contributed by atoms with E-state index in [1.54, 1.807) is 24.3 Å². The van der Waals surface area contributed by atoms with Gasteiger partial charge < -0.3 is 19.7 Å². The number of methoxy groups -OCH3 is 2. The lowest BCUT2D eigenvalue weighted by atomic mass is 9.94. The van der Waals surface area contributed by atoms with E-state index in [2.05, 4.69) is 21.2 Å². The minimum atomic E-state index is -4.32. The number of aryl methyl sites for hydroxylation is 1. The van der Waals surface area contributed by atoms with Gasteiger partial charge in [-0.25, -0.2) is 8.42 Å². The van der Waals surface area contributed by atoms with E-state index >= 15 is 0 Å². The van der Waals surface area contributed by atoms with Gasteiger partial charge in [-0.3, -0.25) is 13.9 Å². The topological polar surface area (TPSA) is 105 Å². The second-order valence-corrected chi connectivity index (χ2v) is 15.3. The van der Waals surface area contributed by atoms with E-state index in [4.69, 9.17) is 9.47 Å². The fourth-order valence-corrected chi connectivity index (χ4v) is 8.14. The number of benzene rings is 4. The Morgan fingerprint density at radius 2 is 1.56 bits per heavy atom. The van der Waals surface area contributed by atoms with Gasteiger partial charge in [0.15, 0.2) is 0 Å². The van der Waals surface area contributed by atoms with Crippen LogP contribution in [0.4, 0.5) is 5.69 Å². The summed E-state index contributed by atoms with van der Waals surface area (Å²) in [5.41, 5.74) is 2.68. The first-order valence-electron chi connectivity index (χ1n) is 16.8. The molecule has 0 unspecified atom stereocenters. The lowest BCUT2D eigenvalue weighted by Crippen LogP contribution is -2.55. The molecule has 0 heterocycles. The van der Waals surface area contributed by atoms with Crippen LogP contribution in [0, 0.1) is 6.92 Å². The number of ether oxygens (including phenoxy) is 2. The molecule has 0 aromatic heterocycles. The maximum Gasteiger partial charge on any atom is 0.264 e. The number of rotatable bonds is 14. The summed E-state index contributed by atoms with van der Waals surface area (Å²) in [6.07, 6.45) is 5.19. The summed E-state index contributed by atoms with van der Waals surface area (Å²) < 4.78 is 42.0. The van der Waals surface area contributed by atoms with Gasteiger partial charge in [0.2, 0.25) is 11.8 Å². The molecule has 4 aromatic rings. The van der Waals surface area contributed by atoms with Crippen LogP contribution in [0.2, 0.25) is 0 Å². The number of halogens is 1. The van der Waals surface area contributed by atoms with E-state index in [1.807, 2.05) is 61.5 Å². The van der Waals surface area contributed by atoms with Crippen molar-refractivity contribution in [2.24, 2.45) is 0 Å². The molecule has 1 saturated carbocycles. The molecule has 0 aliphatic heterocycles. The lowest BCUT2D eigenvalue weighted by Gasteiger charge is -2.35. The van der Waals surface area contributed by atoms with Crippen molar-refractivity contribution in [3.63, 3.8) is 0 Å². The summed E-state index contributed by atoms with van der Waals surface area (Å²) >= 11 is 3.54. The zero-order valence-electron chi connectivity index (χ0n) is 28.7. The fraction of sp³-hybridized carbons (Fsp3) is 0.333. The molecule has 9 nitrogen and oxygen atoms in total. The van der Waals surface area contributed by atoms with Crippen molar-refractivity contribution in [3.8, 4) is 11.5 Å². The molecular weight excluding hydrogens is 718 g/mol. The van der Waals surface area contributed by atoms with E-state index in [1.165, 1.54) is 37.3 Å². The van der Waals surface area contributed by atoms with Crippen LogP contribution in [-0.2, 0) is 32.6 Å². The van der Waals surface area contributed by atoms with Crippen molar-refractivity contribution in [1.29, 1.82) is 0 Å². The highest BCUT2D eigenvalue weighted by atomic mass is 79.9. The van der Waals surface area contributed by atoms with Crippen molar-refractivity contribution in [2.45, 2.75) is 69.0 Å². The van der Waals surface area contributed by atoms with Crippen LogP contribution in [0.1, 0.15) is 48.8 Å². The summed E-state index contributed by atoms with van der Waals surface area (Å²) in [4.78, 5) is 30.7. The Balaban J connectivity index is 1.61. The van der Waals surface area contributed by atoms with E-state index in [-0.39, 0.29) is 41.2 Å². The minimum absolute atomic E-state index is 0.00944. The summed E-state index contributed by atoms with van der Waals surface area (Å²) in [7, 11) is -1.40. The van der Waals surface area contributed by atoms with Gasteiger partial charge in [-0.2, -0.15) is 0 Å². The number of nitrogens with one attached hydrogen (secondary N) is 1. The summed E-state index contributed by atoms with van der Waals surface area (Å²) in [5.74, 6) is -0.192. The van der Waals surface area contributed by atoms with E-state index in [9.17, 15) is 18.0 Å². The van der Waals surface area contributed by atoms with Gasteiger partial charge in [-0.15, -0.1) is 0 Å². The van der Waals surface area contributed by atoms with Crippen molar-refractivity contribution >= 4 is 43.5 Å². The van der Waals surface area contributed by atoms with Gasteiger partial charge in [-0.1, -0.05) is 95.4 Å². The molecule has 0 spiro atoms. The highest BCUT2D eigenvalue weighted by Gasteiger charge is 2.36. The first-order valence-corrected chi connectivity index (χ1v) is 19.0. The molecule has 0 radical (unpaired) electrons. The molecular formula is C39H44BrN3O6S. The molecule has 1 fully saturated rings. The first-order chi connectivity index (χ1) is 24.1. The molecule has 1 aliphatic rings. The molecule has 1 atom stereocenters. The molecule has 264 valence electrons. The van der Waals surface area contributed by atoms with Gasteiger partial charge in [-0.05, 0) is 67.3 Å². The third kappa shape index (κ3) is 9.25. The van der Waals surface area contributed by atoms with Gasteiger partial charge >= 0.3 is 0 Å². The molecule has 5 rings (SSSR count). The molecule has 1 N–H and O–H groups in total. The van der Waals surface area contributed by atoms with Crippen LogP contribution in [-0.4, -0.2) is 58.0 Å². The molecule has 0 bridgehead atoms. The van der Waals surface area contributed by atoms with Crippen LogP contribution in [0.15, 0.2) is 106 Å². The lowest BCUT2D eigenvalue weighted by molar-refractivity contribution is -0.140. The smallest absolute Gasteiger partial charge is 0.264 e. The van der Waals surface area contributed by atoms with Crippen molar-refractivity contribution in [2.75, 3.05) is 25.1 Å². The number of carbonyl (C=O) groups is 2. The van der Waals surface area contributed by atoms with Crippen molar-refractivity contribution in [3.05, 3.63) is 118 Å². The standard InChI is InChI=1S/C39H44BrN3O6S/c1-28-17-20-34(21-18-28)50(46,47)43(35-25-33(48-2)19-22-37(35)49-3)27-38(44)42(26-30-13-10-14-31(40)23-30)36(24-29-11-6-4-7-12-29)39(45)41-32-15-8-5-9-16-32/h4,6-7,10-14,17-23,25,32,36H,5,8-9,15-16,24,26-27H2,1-3H3,(H,41,45)/t36-/m0/s1. The van der Waals surface area contributed by atoms with Crippen LogP contribution < -0.4 is 19.1 Å². The Labute approximate surface area is 303 Å². The number of hydrogen-bond donors (Lipinski definition) is 1. The maximum absolute atomic E-state index is 14.9. The first kappa shape index (κ1) is 36.9. The highest BCUT2D eigenvalue weighted by Crippen LogP contribution is 2.36. The summed E-state index contributed by atoms with van der Waals surface area (Å²) in [6.45, 7) is 1.34. The molecule has 50 heavy (non-hydrogen) atoms.